The Hall–Kier alpha value is -0.770. The molecule has 0 rings (SSSR count). The molecule has 0 aromatic rings. The summed E-state index contributed by atoms with van der Waals surface area (Å²) in [6, 6.07) is -0.193. The Morgan fingerprint density at radius 1 is 1.38 bits per heavy atom. The number of aliphatic hydroxyl groups is 1. The first-order valence-corrected chi connectivity index (χ1v) is 5.99. The summed E-state index contributed by atoms with van der Waals surface area (Å²) >= 11 is 0. The van der Waals surface area contributed by atoms with E-state index < -0.39 is 11.7 Å². The van der Waals surface area contributed by atoms with Crippen molar-refractivity contribution in [1.82, 2.24) is 5.32 Å². The fraction of sp³-hybridized carbons (Fsp3) is 0.917. The van der Waals surface area contributed by atoms with E-state index in [0.29, 0.717) is 0 Å². The minimum absolute atomic E-state index is 0.0387. The van der Waals surface area contributed by atoms with Gasteiger partial charge >= 0.3 is 6.09 Å². The van der Waals surface area contributed by atoms with Gasteiger partial charge in [0.2, 0.25) is 0 Å². The Morgan fingerprint density at radius 2 is 2.00 bits per heavy atom. The Balaban J connectivity index is 3.88. The summed E-state index contributed by atoms with van der Waals surface area (Å²) in [5.74, 6) is 0. The first-order valence-electron chi connectivity index (χ1n) is 5.99. The molecule has 0 saturated carbocycles. The van der Waals surface area contributed by atoms with Crippen LogP contribution in [0.25, 0.3) is 0 Å². The zero-order chi connectivity index (χ0) is 12.6. The highest BCUT2D eigenvalue weighted by atomic mass is 16.6. The lowest BCUT2D eigenvalue weighted by Crippen LogP contribution is -2.40. The second kappa shape index (κ2) is 7.49. The van der Waals surface area contributed by atoms with E-state index in [1.807, 2.05) is 20.8 Å². The third kappa shape index (κ3) is 8.53. The molecule has 0 aliphatic rings. The Morgan fingerprint density at radius 3 is 2.44 bits per heavy atom. The molecule has 0 fully saturated rings. The van der Waals surface area contributed by atoms with Crippen molar-refractivity contribution < 1.29 is 14.6 Å². The number of ether oxygens (including phenoxy) is 1. The van der Waals surface area contributed by atoms with E-state index in [-0.39, 0.29) is 12.6 Å². The van der Waals surface area contributed by atoms with Gasteiger partial charge in [0.25, 0.3) is 0 Å². The summed E-state index contributed by atoms with van der Waals surface area (Å²) in [6.07, 6.45) is 3.60. The molecule has 0 radical (unpaired) electrons. The third-order valence-corrected chi connectivity index (χ3v) is 2.10. The summed E-state index contributed by atoms with van der Waals surface area (Å²) in [4.78, 5) is 11.4. The third-order valence-electron chi connectivity index (χ3n) is 2.10. The number of carbonyl (C=O) groups excluding carboxylic acids is 1. The molecule has 0 aromatic carbocycles. The SMILES string of the molecule is CCCCCC(CO)NC(=O)OC(C)(C)C. The molecule has 1 unspecified atom stereocenters. The molecule has 2 N–H and O–H groups in total. The van der Waals surface area contributed by atoms with Gasteiger partial charge in [0.1, 0.15) is 5.60 Å². The zero-order valence-electron chi connectivity index (χ0n) is 10.9. The van der Waals surface area contributed by atoms with Crippen LogP contribution in [0.2, 0.25) is 0 Å². The van der Waals surface area contributed by atoms with E-state index in [0.717, 1.165) is 25.7 Å². The van der Waals surface area contributed by atoms with Gasteiger partial charge in [-0.15, -0.1) is 0 Å². The minimum Gasteiger partial charge on any atom is -0.444 e. The monoisotopic (exact) mass is 231 g/mol. The first kappa shape index (κ1) is 15.2. The van der Waals surface area contributed by atoms with Crippen molar-refractivity contribution in [2.45, 2.75) is 65.0 Å². The molecule has 0 heterocycles. The molecular formula is C12H25NO3. The van der Waals surface area contributed by atoms with Crippen molar-refractivity contribution in [3.05, 3.63) is 0 Å². The molecule has 0 spiro atoms. The normalized spacial score (nSPS) is 13.3. The van der Waals surface area contributed by atoms with Gasteiger partial charge in [-0.2, -0.15) is 0 Å². The quantitative estimate of drug-likeness (QED) is 0.690. The predicted molar refractivity (Wildman–Crippen MR) is 64.4 cm³/mol. The number of carbonyl (C=O) groups is 1. The van der Waals surface area contributed by atoms with Gasteiger partial charge < -0.3 is 15.2 Å². The molecule has 96 valence electrons. The molecule has 0 bridgehead atoms. The van der Waals surface area contributed by atoms with Gasteiger partial charge in [-0.1, -0.05) is 26.2 Å². The minimum atomic E-state index is -0.493. The molecule has 0 saturated heterocycles. The molecule has 1 amide bonds. The van der Waals surface area contributed by atoms with Crippen LogP contribution in [-0.2, 0) is 4.74 Å². The number of hydrogen-bond acceptors (Lipinski definition) is 3. The van der Waals surface area contributed by atoms with Crippen LogP contribution >= 0.6 is 0 Å². The fourth-order valence-electron chi connectivity index (χ4n) is 1.32. The van der Waals surface area contributed by atoms with Crippen molar-refractivity contribution in [3.8, 4) is 0 Å². The van der Waals surface area contributed by atoms with E-state index >= 15 is 0 Å². The number of amides is 1. The van der Waals surface area contributed by atoms with E-state index in [2.05, 4.69) is 12.2 Å². The molecule has 1 atom stereocenters. The summed E-state index contributed by atoms with van der Waals surface area (Å²) < 4.78 is 5.12. The van der Waals surface area contributed by atoms with Crippen LogP contribution in [0.1, 0.15) is 53.4 Å². The maximum Gasteiger partial charge on any atom is 0.407 e. The number of aliphatic hydroxyl groups excluding tert-OH is 1. The highest BCUT2D eigenvalue weighted by Crippen LogP contribution is 2.08. The smallest absolute Gasteiger partial charge is 0.407 e. The van der Waals surface area contributed by atoms with Crippen LogP contribution in [0.4, 0.5) is 4.79 Å². The average Bonchev–Trinajstić information content (AvgIpc) is 2.13. The van der Waals surface area contributed by atoms with Gasteiger partial charge in [0.15, 0.2) is 0 Å². The summed E-state index contributed by atoms with van der Waals surface area (Å²) in [5, 5.41) is 11.8. The number of unbranched alkanes of at least 4 members (excludes halogenated alkanes) is 2. The lowest BCUT2D eigenvalue weighted by atomic mass is 10.1. The van der Waals surface area contributed by atoms with Gasteiger partial charge in [-0.25, -0.2) is 4.79 Å². The van der Waals surface area contributed by atoms with Crippen molar-refractivity contribution >= 4 is 6.09 Å². The fourth-order valence-corrected chi connectivity index (χ4v) is 1.32. The molecule has 0 aromatic heterocycles. The van der Waals surface area contributed by atoms with Crippen molar-refractivity contribution in [2.24, 2.45) is 0 Å². The molecule has 4 nitrogen and oxygen atoms in total. The number of alkyl carbamates (subject to hydrolysis) is 1. The second-order valence-corrected chi connectivity index (χ2v) is 5.02. The lowest BCUT2D eigenvalue weighted by Gasteiger charge is -2.22. The standard InChI is InChI=1S/C12H25NO3/c1-5-6-7-8-10(9-14)13-11(15)16-12(2,3)4/h10,14H,5-9H2,1-4H3,(H,13,15). The maximum atomic E-state index is 11.4. The Bertz CT molecular complexity index is 199. The van der Waals surface area contributed by atoms with Crippen LogP contribution in [-0.4, -0.2) is 29.4 Å². The largest absolute Gasteiger partial charge is 0.444 e. The van der Waals surface area contributed by atoms with Crippen molar-refractivity contribution in [2.75, 3.05) is 6.61 Å². The lowest BCUT2D eigenvalue weighted by molar-refractivity contribution is 0.0478. The van der Waals surface area contributed by atoms with Crippen LogP contribution < -0.4 is 5.32 Å². The van der Waals surface area contributed by atoms with Crippen LogP contribution in [0.15, 0.2) is 0 Å². The Labute approximate surface area is 98.4 Å². The van der Waals surface area contributed by atoms with Gasteiger partial charge in [0, 0.05) is 0 Å². The predicted octanol–water partition coefficient (Wildman–Crippen LogP) is 2.45. The van der Waals surface area contributed by atoms with Crippen LogP contribution in [0.5, 0.6) is 0 Å². The maximum absolute atomic E-state index is 11.4. The molecule has 0 aliphatic heterocycles. The average molecular weight is 231 g/mol. The zero-order valence-corrected chi connectivity index (χ0v) is 10.9. The number of hydrogen-bond donors (Lipinski definition) is 2. The molecule has 0 aliphatic carbocycles. The molecular weight excluding hydrogens is 206 g/mol. The van der Waals surface area contributed by atoms with Gasteiger partial charge in [-0.3, -0.25) is 0 Å². The topological polar surface area (TPSA) is 58.6 Å². The van der Waals surface area contributed by atoms with E-state index in [4.69, 9.17) is 9.84 Å². The summed E-state index contributed by atoms with van der Waals surface area (Å²) in [6.45, 7) is 7.53. The van der Waals surface area contributed by atoms with Crippen molar-refractivity contribution in [1.29, 1.82) is 0 Å². The Kier molecular flexibility index (Phi) is 7.13. The first-order chi connectivity index (χ1) is 7.39. The molecule has 4 heteroatoms. The van der Waals surface area contributed by atoms with Crippen LogP contribution in [0, 0.1) is 0 Å². The van der Waals surface area contributed by atoms with Gasteiger partial charge in [0.05, 0.1) is 12.6 Å². The van der Waals surface area contributed by atoms with Crippen molar-refractivity contribution in [3.63, 3.8) is 0 Å². The van der Waals surface area contributed by atoms with Crippen LogP contribution in [0.3, 0.4) is 0 Å². The van der Waals surface area contributed by atoms with E-state index in [9.17, 15) is 4.79 Å². The van der Waals surface area contributed by atoms with Gasteiger partial charge in [-0.05, 0) is 27.2 Å². The summed E-state index contributed by atoms with van der Waals surface area (Å²) in [7, 11) is 0. The summed E-state index contributed by atoms with van der Waals surface area (Å²) in [5.41, 5.74) is -0.493. The number of nitrogens with one attached hydrogen (secondary N) is 1. The number of rotatable bonds is 6. The second-order valence-electron chi connectivity index (χ2n) is 5.02. The highest BCUT2D eigenvalue weighted by molar-refractivity contribution is 5.68. The van der Waals surface area contributed by atoms with E-state index in [1.165, 1.54) is 0 Å². The van der Waals surface area contributed by atoms with E-state index in [1.54, 1.807) is 0 Å². The molecule has 16 heavy (non-hydrogen) atoms. The highest BCUT2D eigenvalue weighted by Gasteiger charge is 2.18.